The molecule has 6 heteroatoms. The van der Waals surface area contributed by atoms with Crippen molar-refractivity contribution in [2.24, 2.45) is 10.9 Å². The lowest BCUT2D eigenvalue weighted by Crippen LogP contribution is -2.39. The summed E-state index contributed by atoms with van der Waals surface area (Å²) in [7, 11) is 1.83. The van der Waals surface area contributed by atoms with Crippen LogP contribution >= 0.6 is 24.0 Å². The summed E-state index contributed by atoms with van der Waals surface area (Å²) in [6.45, 7) is 5.37. The lowest BCUT2D eigenvalue weighted by molar-refractivity contribution is 0.122. The van der Waals surface area contributed by atoms with Gasteiger partial charge in [0.05, 0.1) is 13.2 Å². The molecule has 128 valence electrons. The monoisotopic (exact) mass is 430 g/mol. The number of hydrogen-bond donors (Lipinski definition) is 2. The van der Waals surface area contributed by atoms with Gasteiger partial charge >= 0.3 is 0 Å². The predicted molar refractivity (Wildman–Crippen MR) is 106 cm³/mol. The van der Waals surface area contributed by atoms with Gasteiger partial charge in [-0.2, -0.15) is 0 Å². The molecular formula is C17H27IN4O. The van der Waals surface area contributed by atoms with E-state index in [1.165, 1.54) is 24.1 Å². The highest BCUT2D eigenvalue weighted by Gasteiger charge is 2.21. The second-order valence-electron chi connectivity index (χ2n) is 5.98. The molecule has 0 spiro atoms. The third-order valence-corrected chi connectivity index (χ3v) is 4.27. The molecule has 1 aromatic carbocycles. The van der Waals surface area contributed by atoms with Crippen LogP contribution in [0.15, 0.2) is 29.3 Å². The van der Waals surface area contributed by atoms with E-state index < -0.39 is 0 Å². The van der Waals surface area contributed by atoms with Crippen LogP contribution in [0.25, 0.3) is 0 Å². The minimum atomic E-state index is 0. The Morgan fingerprint density at radius 1 is 1.22 bits per heavy atom. The minimum Gasteiger partial charge on any atom is -0.378 e. The number of anilines is 1. The SMILES string of the molecule is CN=C(NCc1ccccc1N1CCOCC1)NCC1CC1.I. The van der Waals surface area contributed by atoms with Gasteiger partial charge in [-0.05, 0) is 30.4 Å². The van der Waals surface area contributed by atoms with Crippen molar-refractivity contribution >= 4 is 35.6 Å². The van der Waals surface area contributed by atoms with Gasteiger partial charge in [0.15, 0.2) is 5.96 Å². The van der Waals surface area contributed by atoms with E-state index in [4.69, 9.17) is 4.74 Å². The molecule has 23 heavy (non-hydrogen) atoms. The van der Waals surface area contributed by atoms with Crippen LogP contribution in [0.2, 0.25) is 0 Å². The summed E-state index contributed by atoms with van der Waals surface area (Å²) in [6.07, 6.45) is 2.70. The molecule has 5 nitrogen and oxygen atoms in total. The molecule has 0 amide bonds. The summed E-state index contributed by atoms with van der Waals surface area (Å²) in [5.41, 5.74) is 2.61. The molecule has 1 aliphatic heterocycles. The van der Waals surface area contributed by atoms with E-state index in [-0.39, 0.29) is 24.0 Å². The van der Waals surface area contributed by atoms with E-state index in [2.05, 4.69) is 44.8 Å². The van der Waals surface area contributed by atoms with Crippen molar-refractivity contribution in [1.82, 2.24) is 10.6 Å². The molecule has 1 saturated heterocycles. The number of morpholine rings is 1. The van der Waals surface area contributed by atoms with Gasteiger partial charge in [-0.3, -0.25) is 4.99 Å². The molecule has 2 aliphatic rings. The fourth-order valence-corrected chi connectivity index (χ4v) is 2.74. The quantitative estimate of drug-likeness (QED) is 0.428. The molecule has 0 radical (unpaired) electrons. The first-order chi connectivity index (χ1) is 10.9. The summed E-state index contributed by atoms with van der Waals surface area (Å²) in [5, 5.41) is 6.84. The Bertz CT molecular complexity index is 513. The number of aliphatic imine (C=N–C) groups is 1. The maximum absolute atomic E-state index is 5.45. The zero-order valence-corrected chi connectivity index (χ0v) is 16.1. The van der Waals surface area contributed by atoms with Crippen LogP contribution in [0.4, 0.5) is 5.69 Å². The topological polar surface area (TPSA) is 48.9 Å². The number of halogens is 1. The number of ether oxygens (including phenoxy) is 1. The minimum absolute atomic E-state index is 0. The maximum Gasteiger partial charge on any atom is 0.191 e. The highest BCUT2D eigenvalue weighted by Crippen LogP contribution is 2.27. The third kappa shape index (κ3) is 5.53. The highest BCUT2D eigenvalue weighted by atomic mass is 127. The normalized spacial score (nSPS) is 18.3. The zero-order chi connectivity index (χ0) is 15.2. The summed E-state index contributed by atoms with van der Waals surface area (Å²) in [4.78, 5) is 6.71. The van der Waals surface area contributed by atoms with E-state index in [1.54, 1.807) is 0 Å². The number of nitrogens with zero attached hydrogens (tertiary/aromatic N) is 2. The fraction of sp³-hybridized carbons (Fsp3) is 0.588. The molecule has 1 heterocycles. The van der Waals surface area contributed by atoms with Crippen molar-refractivity contribution in [2.75, 3.05) is 44.8 Å². The summed E-state index contributed by atoms with van der Waals surface area (Å²) >= 11 is 0. The van der Waals surface area contributed by atoms with Crippen molar-refractivity contribution in [3.63, 3.8) is 0 Å². The van der Waals surface area contributed by atoms with Crippen LogP contribution in [-0.4, -0.2) is 45.9 Å². The first-order valence-corrected chi connectivity index (χ1v) is 8.22. The van der Waals surface area contributed by atoms with Gasteiger partial charge in [0.2, 0.25) is 0 Å². The van der Waals surface area contributed by atoms with E-state index in [0.29, 0.717) is 0 Å². The van der Waals surface area contributed by atoms with E-state index in [1.807, 2.05) is 7.05 Å². The Balaban J connectivity index is 0.00000192. The van der Waals surface area contributed by atoms with Crippen molar-refractivity contribution in [3.05, 3.63) is 29.8 Å². The lowest BCUT2D eigenvalue weighted by Gasteiger charge is -2.30. The Kier molecular flexibility index (Phi) is 7.42. The molecule has 1 aliphatic carbocycles. The van der Waals surface area contributed by atoms with Crippen LogP contribution in [-0.2, 0) is 11.3 Å². The largest absolute Gasteiger partial charge is 0.378 e. The maximum atomic E-state index is 5.45. The van der Waals surface area contributed by atoms with Gasteiger partial charge in [0.1, 0.15) is 0 Å². The number of nitrogens with one attached hydrogen (secondary N) is 2. The van der Waals surface area contributed by atoms with Crippen molar-refractivity contribution in [3.8, 4) is 0 Å². The van der Waals surface area contributed by atoms with Crippen molar-refractivity contribution < 1.29 is 4.74 Å². The number of para-hydroxylation sites is 1. The van der Waals surface area contributed by atoms with Crippen LogP contribution in [0.5, 0.6) is 0 Å². The Labute approximate surface area is 155 Å². The van der Waals surface area contributed by atoms with Gasteiger partial charge in [-0.1, -0.05) is 18.2 Å². The van der Waals surface area contributed by atoms with Crippen LogP contribution in [0.1, 0.15) is 18.4 Å². The molecule has 1 saturated carbocycles. The van der Waals surface area contributed by atoms with Gasteiger partial charge in [0.25, 0.3) is 0 Å². The van der Waals surface area contributed by atoms with E-state index in [0.717, 1.165) is 51.3 Å². The molecule has 0 bridgehead atoms. The highest BCUT2D eigenvalue weighted by molar-refractivity contribution is 14.0. The average molecular weight is 430 g/mol. The van der Waals surface area contributed by atoms with Gasteiger partial charge in [-0.15, -0.1) is 24.0 Å². The fourth-order valence-electron chi connectivity index (χ4n) is 2.74. The van der Waals surface area contributed by atoms with Gasteiger partial charge < -0.3 is 20.3 Å². The van der Waals surface area contributed by atoms with E-state index in [9.17, 15) is 0 Å². The number of benzene rings is 1. The van der Waals surface area contributed by atoms with Crippen LogP contribution in [0, 0.1) is 5.92 Å². The zero-order valence-electron chi connectivity index (χ0n) is 13.8. The Hall–Kier alpha value is -1.02. The average Bonchev–Trinajstić information content (AvgIpc) is 3.40. The Morgan fingerprint density at radius 2 is 1.96 bits per heavy atom. The molecule has 2 N–H and O–H groups in total. The molecule has 2 fully saturated rings. The molecule has 3 rings (SSSR count). The molecule has 1 aromatic rings. The van der Waals surface area contributed by atoms with Crippen molar-refractivity contribution in [1.29, 1.82) is 0 Å². The van der Waals surface area contributed by atoms with Crippen molar-refractivity contribution in [2.45, 2.75) is 19.4 Å². The number of rotatable bonds is 5. The molecule has 0 aromatic heterocycles. The number of guanidine groups is 1. The predicted octanol–water partition coefficient (Wildman–Crippen LogP) is 2.22. The van der Waals surface area contributed by atoms with Crippen LogP contribution < -0.4 is 15.5 Å². The van der Waals surface area contributed by atoms with Gasteiger partial charge in [-0.25, -0.2) is 0 Å². The smallest absolute Gasteiger partial charge is 0.191 e. The second-order valence-corrected chi connectivity index (χ2v) is 5.98. The van der Waals surface area contributed by atoms with Crippen LogP contribution in [0.3, 0.4) is 0 Å². The molecule has 0 atom stereocenters. The summed E-state index contributed by atoms with van der Waals surface area (Å²) < 4.78 is 5.45. The summed E-state index contributed by atoms with van der Waals surface area (Å²) in [6, 6.07) is 8.59. The standard InChI is InChI=1S/C17H26N4O.HI/c1-18-17(19-12-14-6-7-14)20-13-15-4-2-3-5-16(15)21-8-10-22-11-9-21;/h2-5,14H,6-13H2,1H3,(H2,18,19,20);1H. The van der Waals surface area contributed by atoms with Gasteiger partial charge in [0, 0.05) is 38.9 Å². The number of hydrogen-bond acceptors (Lipinski definition) is 3. The first kappa shape index (κ1) is 18.3. The second kappa shape index (κ2) is 9.32. The molecule has 0 unspecified atom stereocenters. The first-order valence-electron chi connectivity index (χ1n) is 8.22. The summed E-state index contributed by atoms with van der Waals surface area (Å²) in [5.74, 6) is 1.74. The molecular weight excluding hydrogens is 403 g/mol. The lowest BCUT2D eigenvalue weighted by atomic mass is 10.1. The van der Waals surface area contributed by atoms with E-state index >= 15 is 0 Å². The Morgan fingerprint density at radius 3 is 2.65 bits per heavy atom. The third-order valence-electron chi connectivity index (χ3n) is 4.27.